The Hall–Kier alpha value is -3.06. The summed E-state index contributed by atoms with van der Waals surface area (Å²) in [5, 5.41) is 12.2. The molecule has 7 nitrogen and oxygen atoms in total. The zero-order chi connectivity index (χ0) is 18.1. The van der Waals surface area contributed by atoms with Gasteiger partial charge in [0.2, 0.25) is 5.91 Å². The van der Waals surface area contributed by atoms with E-state index in [0.717, 1.165) is 4.57 Å². The molecule has 2 N–H and O–H groups in total. The maximum Gasteiger partial charge on any atom is 0.420 e. The number of nitrogens with one attached hydrogen (secondary N) is 1. The third-order valence-electron chi connectivity index (χ3n) is 3.76. The molecule has 1 amide bonds. The van der Waals surface area contributed by atoms with Crippen LogP contribution >= 0.6 is 11.6 Å². The number of aromatic nitrogens is 1. The van der Waals surface area contributed by atoms with Crippen molar-refractivity contribution in [1.29, 1.82) is 0 Å². The number of hydrogen-bond donors (Lipinski definition) is 2. The van der Waals surface area contributed by atoms with Gasteiger partial charge in [-0.15, -0.1) is 0 Å². The summed E-state index contributed by atoms with van der Waals surface area (Å²) >= 11 is 6.01. The van der Waals surface area contributed by atoms with Crippen LogP contribution in [-0.4, -0.2) is 21.6 Å². The summed E-state index contributed by atoms with van der Waals surface area (Å²) in [5.41, 5.74) is 1.71. The van der Waals surface area contributed by atoms with Crippen molar-refractivity contribution in [3.8, 4) is 0 Å². The Labute approximate surface area is 146 Å². The van der Waals surface area contributed by atoms with Crippen LogP contribution in [-0.2, 0) is 11.3 Å². The molecule has 0 fully saturated rings. The van der Waals surface area contributed by atoms with E-state index in [1.807, 2.05) is 0 Å². The maximum absolute atomic E-state index is 12.3. The highest BCUT2D eigenvalue weighted by molar-refractivity contribution is 6.31. The summed E-state index contributed by atoms with van der Waals surface area (Å²) in [5.74, 6) is -2.31. The molecule has 8 heteroatoms. The number of aromatic carboxylic acids is 1. The maximum atomic E-state index is 12.3. The third kappa shape index (κ3) is 3.27. The van der Waals surface area contributed by atoms with Gasteiger partial charge in [-0.1, -0.05) is 17.7 Å². The zero-order valence-electron chi connectivity index (χ0n) is 13.1. The van der Waals surface area contributed by atoms with Crippen molar-refractivity contribution in [1.82, 2.24) is 4.57 Å². The summed E-state index contributed by atoms with van der Waals surface area (Å²) in [6.45, 7) is 1.50. The molecule has 0 spiro atoms. The van der Waals surface area contributed by atoms with E-state index in [1.165, 1.54) is 18.2 Å². The molecule has 1 aromatic heterocycles. The van der Waals surface area contributed by atoms with Gasteiger partial charge in [0.25, 0.3) is 0 Å². The first-order valence-electron chi connectivity index (χ1n) is 7.28. The minimum Gasteiger partial charge on any atom is -0.478 e. The largest absolute Gasteiger partial charge is 0.478 e. The Morgan fingerprint density at radius 1 is 1.28 bits per heavy atom. The van der Waals surface area contributed by atoms with Crippen LogP contribution in [0.15, 0.2) is 45.6 Å². The van der Waals surface area contributed by atoms with E-state index in [-0.39, 0.29) is 17.7 Å². The number of carbonyl (C=O) groups excluding carboxylic acids is 1. The number of oxazole rings is 1. The summed E-state index contributed by atoms with van der Waals surface area (Å²) in [4.78, 5) is 35.2. The molecule has 3 rings (SSSR count). The van der Waals surface area contributed by atoms with Crippen molar-refractivity contribution in [2.24, 2.45) is 0 Å². The summed E-state index contributed by atoms with van der Waals surface area (Å²) in [7, 11) is 0. The molecule has 0 aliphatic rings. The molecule has 0 radical (unpaired) electrons. The lowest BCUT2D eigenvalue weighted by Gasteiger charge is -2.09. The number of fused-ring (bicyclic) bond motifs is 1. The van der Waals surface area contributed by atoms with Gasteiger partial charge in [0.15, 0.2) is 5.58 Å². The van der Waals surface area contributed by atoms with Gasteiger partial charge in [-0.25, -0.2) is 9.59 Å². The average Bonchev–Trinajstić information content (AvgIpc) is 2.86. The smallest absolute Gasteiger partial charge is 0.420 e. The van der Waals surface area contributed by atoms with Gasteiger partial charge in [0, 0.05) is 10.7 Å². The molecule has 0 saturated carbocycles. The van der Waals surface area contributed by atoms with Crippen LogP contribution in [0.25, 0.3) is 11.1 Å². The van der Waals surface area contributed by atoms with Gasteiger partial charge < -0.3 is 14.8 Å². The first-order chi connectivity index (χ1) is 11.9. The number of carboxylic acids is 1. The number of amides is 1. The van der Waals surface area contributed by atoms with E-state index < -0.39 is 17.6 Å². The highest BCUT2D eigenvalue weighted by Crippen LogP contribution is 2.23. The normalized spacial score (nSPS) is 10.8. The van der Waals surface area contributed by atoms with E-state index >= 15 is 0 Å². The predicted molar refractivity (Wildman–Crippen MR) is 92.3 cm³/mol. The molecule has 3 aromatic rings. The molecule has 0 aliphatic heterocycles. The highest BCUT2D eigenvalue weighted by Gasteiger charge is 2.15. The number of halogens is 1. The van der Waals surface area contributed by atoms with Crippen LogP contribution < -0.4 is 11.1 Å². The second kappa shape index (κ2) is 6.45. The minimum absolute atomic E-state index is 0.00703. The molecule has 0 saturated heterocycles. The Morgan fingerprint density at radius 3 is 2.76 bits per heavy atom. The fraction of sp³-hybridized carbons (Fsp3) is 0.118. The van der Waals surface area contributed by atoms with Crippen LogP contribution in [0.4, 0.5) is 5.69 Å². The summed E-state index contributed by atoms with van der Waals surface area (Å²) in [6, 6.07) is 9.14. The Balaban J connectivity index is 1.88. The number of rotatable bonds is 4. The van der Waals surface area contributed by atoms with Crippen molar-refractivity contribution in [2.45, 2.75) is 13.5 Å². The second-order valence-electron chi connectivity index (χ2n) is 5.40. The average molecular weight is 361 g/mol. The topological polar surface area (TPSA) is 102 Å². The predicted octanol–water partition coefficient (Wildman–Crippen LogP) is 2.89. The van der Waals surface area contributed by atoms with Gasteiger partial charge in [-0.05, 0) is 42.8 Å². The van der Waals surface area contributed by atoms with Crippen molar-refractivity contribution >= 4 is 40.3 Å². The molecular weight excluding hydrogens is 348 g/mol. The lowest BCUT2D eigenvalue weighted by atomic mass is 10.2. The van der Waals surface area contributed by atoms with Crippen LogP contribution in [0.1, 0.15) is 15.9 Å². The van der Waals surface area contributed by atoms with E-state index in [0.29, 0.717) is 21.8 Å². The Bertz CT molecular complexity index is 1050. The molecule has 0 unspecified atom stereocenters. The standard InChI is InChI=1S/C17H13ClN2O5/c1-9-11(18)3-2-4-12(9)19-15(21)8-20-13-6-5-10(16(22)23)7-14(13)25-17(20)24/h2-7H,8H2,1H3,(H,19,21)(H,22,23). The zero-order valence-corrected chi connectivity index (χ0v) is 13.8. The van der Waals surface area contributed by atoms with E-state index in [4.69, 9.17) is 21.1 Å². The lowest BCUT2D eigenvalue weighted by molar-refractivity contribution is -0.116. The molecule has 25 heavy (non-hydrogen) atoms. The molecule has 0 atom stereocenters. The van der Waals surface area contributed by atoms with E-state index in [1.54, 1.807) is 25.1 Å². The number of benzene rings is 2. The molecule has 128 valence electrons. The van der Waals surface area contributed by atoms with Crippen molar-refractivity contribution < 1.29 is 19.1 Å². The minimum atomic E-state index is -1.13. The fourth-order valence-electron chi connectivity index (χ4n) is 2.43. The lowest BCUT2D eigenvalue weighted by Crippen LogP contribution is -2.25. The SMILES string of the molecule is Cc1c(Cl)cccc1NC(=O)Cn1c(=O)oc2cc(C(=O)O)ccc21. The van der Waals surface area contributed by atoms with Crippen molar-refractivity contribution in [2.75, 3.05) is 5.32 Å². The monoisotopic (exact) mass is 360 g/mol. The molecular formula is C17H13ClN2O5. The molecule has 0 aliphatic carbocycles. The van der Waals surface area contributed by atoms with E-state index in [2.05, 4.69) is 5.32 Å². The number of hydrogen-bond acceptors (Lipinski definition) is 4. The fourth-order valence-corrected chi connectivity index (χ4v) is 2.60. The molecule has 2 aromatic carbocycles. The number of carbonyl (C=O) groups is 2. The van der Waals surface area contributed by atoms with Gasteiger partial charge in [-0.3, -0.25) is 9.36 Å². The summed E-state index contributed by atoms with van der Waals surface area (Å²) < 4.78 is 6.16. The number of nitrogens with zero attached hydrogens (tertiary/aromatic N) is 1. The van der Waals surface area contributed by atoms with Gasteiger partial charge in [0.1, 0.15) is 6.54 Å². The third-order valence-corrected chi connectivity index (χ3v) is 4.17. The summed E-state index contributed by atoms with van der Waals surface area (Å²) in [6.07, 6.45) is 0. The van der Waals surface area contributed by atoms with Crippen molar-refractivity contribution in [3.05, 3.63) is 63.1 Å². The highest BCUT2D eigenvalue weighted by atomic mass is 35.5. The Kier molecular flexibility index (Phi) is 4.33. The Morgan fingerprint density at radius 2 is 2.04 bits per heavy atom. The van der Waals surface area contributed by atoms with Gasteiger partial charge in [-0.2, -0.15) is 0 Å². The molecule has 1 heterocycles. The molecule has 0 bridgehead atoms. The van der Waals surface area contributed by atoms with Crippen LogP contribution in [0.5, 0.6) is 0 Å². The van der Waals surface area contributed by atoms with Crippen LogP contribution in [0, 0.1) is 6.92 Å². The number of anilines is 1. The van der Waals surface area contributed by atoms with Crippen molar-refractivity contribution in [3.63, 3.8) is 0 Å². The second-order valence-corrected chi connectivity index (χ2v) is 5.81. The van der Waals surface area contributed by atoms with E-state index in [9.17, 15) is 14.4 Å². The number of carboxylic acid groups (broad SMARTS) is 1. The van der Waals surface area contributed by atoms with Gasteiger partial charge in [0.05, 0.1) is 11.1 Å². The van der Waals surface area contributed by atoms with Gasteiger partial charge >= 0.3 is 11.7 Å². The van der Waals surface area contributed by atoms with Crippen LogP contribution in [0.3, 0.4) is 0 Å². The first kappa shape index (κ1) is 16.8. The quantitative estimate of drug-likeness (QED) is 0.744. The van der Waals surface area contributed by atoms with Crippen LogP contribution in [0.2, 0.25) is 5.02 Å². The first-order valence-corrected chi connectivity index (χ1v) is 7.66.